The summed E-state index contributed by atoms with van der Waals surface area (Å²) in [6.07, 6.45) is 2.52. The van der Waals surface area contributed by atoms with Crippen LogP contribution in [0, 0.1) is 5.82 Å². The summed E-state index contributed by atoms with van der Waals surface area (Å²) in [6, 6.07) is 5.09. The first-order chi connectivity index (χ1) is 11.1. The third-order valence-electron chi connectivity index (χ3n) is 3.59. The topological polar surface area (TPSA) is 66.8 Å². The van der Waals surface area contributed by atoms with E-state index in [-0.39, 0.29) is 12.1 Å². The number of hydrogen-bond acceptors (Lipinski definition) is 4. The summed E-state index contributed by atoms with van der Waals surface area (Å²) in [6.45, 7) is 3.35. The third kappa shape index (κ3) is 3.96. The lowest BCUT2D eigenvalue weighted by molar-refractivity contribution is -0.138. The van der Waals surface area contributed by atoms with Crippen LogP contribution in [0.5, 0.6) is 0 Å². The maximum absolute atomic E-state index is 13.0. The fraction of sp³-hybridized carbons (Fsp3) is 0.412. The molecule has 0 unspecified atom stereocenters. The van der Waals surface area contributed by atoms with Gasteiger partial charge in [0.05, 0.1) is 5.57 Å². The highest BCUT2D eigenvalue weighted by molar-refractivity contribution is 6.34. The van der Waals surface area contributed by atoms with Crippen LogP contribution in [-0.4, -0.2) is 41.6 Å². The molecule has 0 saturated heterocycles. The Bertz CT molecular complexity index is 610. The highest BCUT2D eigenvalue weighted by atomic mass is 19.1. The first kappa shape index (κ1) is 17.1. The third-order valence-corrected chi connectivity index (χ3v) is 3.59. The van der Waals surface area contributed by atoms with Crippen LogP contribution in [0.25, 0.3) is 5.57 Å². The van der Waals surface area contributed by atoms with Crippen molar-refractivity contribution in [2.24, 2.45) is 0 Å². The number of aliphatic hydroxyl groups excluding tert-OH is 1. The summed E-state index contributed by atoms with van der Waals surface area (Å²) in [5, 5.41) is 9.94. The van der Waals surface area contributed by atoms with Crippen molar-refractivity contribution < 1.29 is 23.8 Å². The fourth-order valence-corrected chi connectivity index (χ4v) is 2.32. The van der Waals surface area contributed by atoms with Gasteiger partial charge in [0.15, 0.2) is 5.76 Å². The second-order valence-electron chi connectivity index (χ2n) is 5.31. The maximum atomic E-state index is 13.0. The van der Waals surface area contributed by atoms with Gasteiger partial charge in [-0.05, 0) is 30.5 Å². The molecular weight excluding hydrogens is 301 g/mol. The van der Waals surface area contributed by atoms with Gasteiger partial charge in [-0.15, -0.1) is 0 Å². The van der Waals surface area contributed by atoms with E-state index in [2.05, 4.69) is 6.92 Å². The number of imide groups is 1. The quantitative estimate of drug-likeness (QED) is 0.590. The Morgan fingerprint density at radius 3 is 2.39 bits per heavy atom. The van der Waals surface area contributed by atoms with Crippen molar-refractivity contribution in [1.29, 1.82) is 0 Å². The van der Waals surface area contributed by atoms with E-state index >= 15 is 0 Å². The molecule has 1 heterocycles. The molecule has 0 bridgehead atoms. The van der Waals surface area contributed by atoms with Gasteiger partial charge in [0.25, 0.3) is 11.8 Å². The molecule has 2 rings (SSSR count). The van der Waals surface area contributed by atoms with Gasteiger partial charge < -0.3 is 9.84 Å². The van der Waals surface area contributed by atoms with E-state index in [0.717, 1.165) is 17.7 Å². The lowest BCUT2D eigenvalue weighted by atomic mass is 10.1. The number of carbonyl (C=O) groups is 2. The van der Waals surface area contributed by atoms with Gasteiger partial charge in [0.2, 0.25) is 0 Å². The van der Waals surface area contributed by atoms with Gasteiger partial charge in [0.1, 0.15) is 5.82 Å². The van der Waals surface area contributed by atoms with E-state index in [1.165, 1.54) is 24.3 Å². The zero-order valence-corrected chi connectivity index (χ0v) is 13.0. The lowest BCUT2D eigenvalue weighted by Crippen LogP contribution is -2.33. The first-order valence-corrected chi connectivity index (χ1v) is 7.69. The first-order valence-electron chi connectivity index (χ1n) is 7.69. The highest BCUT2D eigenvalue weighted by Gasteiger charge is 2.38. The summed E-state index contributed by atoms with van der Waals surface area (Å²) < 4.78 is 18.3. The Labute approximate surface area is 134 Å². The molecule has 5 nitrogen and oxygen atoms in total. The predicted octanol–water partition coefficient (Wildman–Crippen LogP) is 2.67. The number of aliphatic hydroxyl groups is 1. The van der Waals surface area contributed by atoms with Crippen LogP contribution in [0.4, 0.5) is 4.39 Å². The average molecular weight is 321 g/mol. The highest BCUT2D eigenvalue weighted by Crippen LogP contribution is 2.28. The SMILES string of the molecule is CCCCOCCCN1C(=O)C(O)=C(c2ccc(F)cc2)C1=O. The summed E-state index contributed by atoms with van der Waals surface area (Å²) in [7, 11) is 0. The van der Waals surface area contributed by atoms with Crippen molar-refractivity contribution in [3.8, 4) is 0 Å². The van der Waals surface area contributed by atoms with Crippen LogP contribution in [0.15, 0.2) is 30.0 Å². The second-order valence-corrected chi connectivity index (χ2v) is 5.31. The number of hydrogen-bond donors (Lipinski definition) is 1. The molecule has 23 heavy (non-hydrogen) atoms. The normalized spacial score (nSPS) is 15.0. The van der Waals surface area contributed by atoms with Crippen LogP contribution in [0.1, 0.15) is 31.7 Å². The molecule has 0 fully saturated rings. The number of benzene rings is 1. The standard InChI is InChI=1S/C17H20FNO4/c1-2-3-10-23-11-4-9-19-16(21)14(15(20)17(19)22)12-5-7-13(18)8-6-12/h5-8,20H,2-4,9-11H2,1H3. The van der Waals surface area contributed by atoms with Crippen LogP contribution < -0.4 is 0 Å². The van der Waals surface area contributed by atoms with Gasteiger partial charge in [-0.3, -0.25) is 14.5 Å². The average Bonchev–Trinajstić information content (AvgIpc) is 2.75. The Kier molecular flexibility index (Phi) is 5.87. The van der Waals surface area contributed by atoms with Crippen molar-refractivity contribution in [1.82, 2.24) is 4.90 Å². The molecule has 124 valence electrons. The largest absolute Gasteiger partial charge is 0.502 e. The molecule has 6 heteroatoms. The van der Waals surface area contributed by atoms with Crippen molar-refractivity contribution in [3.63, 3.8) is 0 Å². The molecule has 0 spiro atoms. The minimum absolute atomic E-state index is 0.0816. The van der Waals surface area contributed by atoms with E-state index in [0.29, 0.717) is 25.2 Å². The minimum Gasteiger partial charge on any atom is -0.502 e. The van der Waals surface area contributed by atoms with Crippen molar-refractivity contribution >= 4 is 17.4 Å². The molecule has 0 aliphatic carbocycles. The Hall–Kier alpha value is -2.21. The van der Waals surface area contributed by atoms with Gasteiger partial charge >= 0.3 is 0 Å². The molecule has 0 radical (unpaired) electrons. The van der Waals surface area contributed by atoms with Crippen LogP contribution >= 0.6 is 0 Å². The summed E-state index contributed by atoms with van der Waals surface area (Å²) in [4.78, 5) is 25.3. The molecule has 1 aromatic carbocycles. The molecule has 1 aromatic rings. The zero-order valence-electron chi connectivity index (χ0n) is 13.0. The number of amides is 2. The molecule has 1 N–H and O–H groups in total. The van der Waals surface area contributed by atoms with Crippen molar-refractivity contribution in [3.05, 3.63) is 41.4 Å². The van der Waals surface area contributed by atoms with Crippen LogP contribution in [0.2, 0.25) is 0 Å². The fourth-order valence-electron chi connectivity index (χ4n) is 2.32. The molecule has 0 saturated carbocycles. The number of ether oxygens (including phenoxy) is 1. The van der Waals surface area contributed by atoms with E-state index in [1.807, 2.05) is 0 Å². The number of unbranched alkanes of at least 4 members (excludes halogenated alkanes) is 1. The summed E-state index contributed by atoms with van der Waals surface area (Å²) in [5.41, 5.74) is 0.242. The van der Waals surface area contributed by atoms with Gasteiger partial charge in [-0.2, -0.15) is 0 Å². The lowest BCUT2D eigenvalue weighted by Gasteiger charge is -2.14. The van der Waals surface area contributed by atoms with E-state index in [1.54, 1.807) is 0 Å². The Morgan fingerprint density at radius 1 is 1.09 bits per heavy atom. The van der Waals surface area contributed by atoms with Crippen molar-refractivity contribution in [2.75, 3.05) is 19.8 Å². The summed E-state index contributed by atoms with van der Waals surface area (Å²) in [5.74, 6) is -2.32. The summed E-state index contributed by atoms with van der Waals surface area (Å²) >= 11 is 0. The number of nitrogens with zero attached hydrogens (tertiary/aromatic N) is 1. The van der Waals surface area contributed by atoms with E-state index < -0.39 is 23.4 Å². The molecule has 1 aliphatic heterocycles. The molecular formula is C17H20FNO4. The van der Waals surface area contributed by atoms with E-state index in [4.69, 9.17) is 4.74 Å². The number of carbonyl (C=O) groups excluding carboxylic acids is 2. The second kappa shape index (κ2) is 7.87. The van der Waals surface area contributed by atoms with Gasteiger partial charge in [-0.1, -0.05) is 25.5 Å². The Balaban J connectivity index is 1.97. The van der Waals surface area contributed by atoms with Crippen LogP contribution in [0.3, 0.4) is 0 Å². The number of halogens is 1. The predicted molar refractivity (Wildman–Crippen MR) is 83.0 cm³/mol. The molecule has 0 atom stereocenters. The molecule has 2 amide bonds. The monoisotopic (exact) mass is 321 g/mol. The smallest absolute Gasteiger partial charge is 0.296 e. The van der Waals surface area contributed by atoms with Crippen LogP contribution in [-0.2, 0) is 14.3 Å². The number of rotatable bonds is 8. The maximum Gasteiger partial charge on any atom is 0.296 e. The van der Waals surface area contributed by atoms with Crippen molar-refractivity contribution in [2.45, 2.75) is 26.2 Å². The minimum atomic E-state index is -0.720. The zero-order chi connectivity index (χ0) is 16.8. The van der Waals surface area contributed by atoms with E-state index in [9.17, 15) is 19.1 Å². The molecule has 1 aliphatic rings. The Morgan fingerprint density at radius 2 is 1.74 bits per heavy atom. The van der Waals surface area contributed by atoms with Gasteiger partial charge in [-0.25, -0.2) is 4.39 Å². The molecule has 0 aromatic heterocycles. The van der Waals surface area contributed by atoms with Gasteiger partial charge in [0, 0.05) is 19.8 Å².